The Hall–Kier alpha value is -1.71. The van der Waals surface area contributed by atoms with Crippen LogP contribution in [0.1, 0.15) is 29.7 Å². The summed E-state index contributed by atoms with van der Waals surface area (Å²) in [5, 5.41) is 10.3. The Labute approximate surface area is 120 Å². The van der Waals surface area contributed by atoms with Gasteiger partial charge >= 0.3 is 0 Å². The van der Waals surface area contributed by atoms with Crippen molar-refractivity contribution in [3.05, 3.63) is 65.5 Å². The van der Waals surface area contributed by atoms with Crippen molar-refractivity contribution in [3.8, 4) is 0 Å². The highest BCUT2D eigenvalue weighted by Crippen LogP contribution is 2.16. The van der Waals surface area contributed by atoms with Crippen molar-refractivity contribution in [2.45, 2.75) is 26.0 Å². The quantitative estimate of drug-likeness (QED) is 0.877. The topological polar surface area (TPSA) is 36.4 Å². The second-order valence-electron chi connectivity index (χ2n) is 5.16. The highest BCUT2D eigenvalue weighted by atomic mass is 16.3. The fourth-order valence-corrected chi connectivity index (χ4v) is 2.24. The van der Waals surface area contributed by atoms with E-state index in [4.69, 9.17) is 0 Å². The summed E-state index contributed by atoms with van der Waals surface area (Å²) in [6.07, 6.45) is 4.16. The molecule has 1 aromatic carbocycles. The standard InChI is InChI=1S/C17H22N2O/c1-3-14-4-6-16(7-5-14)17(20)13-19(2)12-15-8-10-18-11-9-15/h4-11,17,20H,3,12-13H2,1-2H3. The largest absolute Gasteiger partial charge is 0.387 e. The molecule has 0 saturated carbocycles. The third-order valence-corrected chi connectivity index (χ3v) is 3.46. The van der Waals surface area contributed by atoms with E-state index in [0.717, 1.165) is 18.5 Å². The van der Waals surface area contributed by atoms with E-state index < -0.39 is 6.10 Å². The number of nitrogens with zero attached hydrogens (tertiary/aromatic N) is 2. The first-order valence-electron chi connectivity index (χ1n) is 7.03. The predicted molar refractivity (Wildman–Crippen MR) is 81.4 cm³/mol. The average molecular weight is 270 g/mol. The van der Waals surface area contributed by atoms with Gasteiger partial charge in [0, 0.05) is 25.5 Å². The normalized spacial score (nSPS) is 12.6. The Bertz CT molecular complexity index is 510. The zero-order valence-electron chi connectivity index (χ0n) is 12.2. The zero-order chi connectivity index (χ0) is 14.4. The van der Waals surface area contributed by atoms with Crippen LogP contribution in [0.15, 0.2) is 48.8 Å². The molecule has 0 aliphatic heterocycles. The van der Waals surface area contributed by atoms with Crippen molar-refractivity contribution in [3.63, 3.8) is 0 Å². The fraction of sp³-hybridized carbons (Fsp3) is 0.353. The monoisotopic (exact) mass is 270 g/mol. The van der Waals surface area contributed by atoms with Gasteiger partial charge in [0.25, 0.3) is 0 Å². The van der Waals surface area contributed by atoms with Crippen LogP contribution >= 0.6 is 0 Å². The third-order valence-electron chi connectivity index (χ3n) is 3.46. The van der Waals surface area contributed by atoms with Gasteiger partial charge in [-0.3, -0.25) is 9.88 Å². The number of pyridine rings is 1. The summed E-state index contributed by atoms with van der Waals surface area (Å²) in [6.45, 7) is 3.56. The maximum atomic E-state index is 10.3. The molecule has 20 heavy (non-hydrogen) atoms. The van der Waals surface area contributed by atoms with Crippen LogP contribution < -0.4 is 0 Å². The highest BCUT2D eigenvalue weighted by molar-refractivity contribution is 5.24. The molecule has 3 heteroatoms. The van der Waals surface area contributed by atoms with Crippen LogP contribution in [0.2, 0.25) is 0 Å². The number of benzene rings is 1. The molecule has 2 rings (SSSR count). The number of likely N-dealkylation sites (N-methyl/N-ethyl adjacent to an activating group) is 1. The van der Waals surface area contributed by atoms with Gasteiger partial charge in [-0.25, -0.2) is 0 Å². The molecule has 1 unspecified atom stereocenters. The maximum absolute atomic E-state index is 10.3. The van der Waals surface area contributed by atoms with Crippen molar-refractivity contribution in [2.24, 2.45) is 0 Å². The van der Waals surface area contributed by atoms with Crippen LogP contribution in [0.25, 0.3) is 0 Å². The molecule has 106 valence electrons. The van der Waals surface area contributed by atoms with Crippen LogP contribution in [0.5, 0.6) is 0 Å². The van der Waals surface area contributed by atoms with E-state index >= 15 is 0 Å². The molecule has 0 saturated heterocycles. The lowest BCUT2D eigenvalue weighted by Crippen LogP contribution is -2.24. The smallest absolute Gasteiger partial charge is 0.0916 e. The predicted octanol–water partition coefficient (Wildman–Crippen LogP) is 2.81. The first-order chi connectivity index (χ1) is 9.69. The molecular formula is C17H22N2O. The molecule has 0 aliphatic rings. The lowest BCUT2D eigenvalue weighted by atomic mass is 10.1. The van der Waals surface area contributed by atoms with Gasteiger partial charge in [0.1, 0.15) is 0 Å². The minimum Gasteiger partial charge on any atom is -0.387 e. The lowest BCUT2D eigenvalue weighted by molar-refractivity contribution is 0.124. The Balaban J connectivity index is 1.91. The van der Waals surface area contributed by atoms with Crippen LogP contribution in [0.4, 0.5) is 0 Å². The van der Waals surface area contributed by atoms with Gasteiger partial charge < -0.3 is 5.11 Å². The highest BCUT2D eigenvalue weighted by Gasteiger charge is 2.10. The van der Waals surface area contributed by atoms with Crippen molar-refractivity contribution in [1.29, 1.82) is 0 Å². The van der Waals surface area contributed by atoms with E-state index in [1.165, 1.54) is 11.1 Å². The number of hydrogen-bond donors (Lipinski definition) is 1. The molecule has 0 amide bonds. The second kappa shape index (κ2) is 7.17. The molecule has 1 aromatic heterocycles. The van der Waals surface area contributed by atoms with Gasteiger partial charge in [-0.1, -0.05) is 31.2 Å². The number of aromatic nitrogens is 1. The first-order valence-corrected chi connectivity index (χ1v) is 7.03. The van der Waals surface area contributed by atoms with E-state index in [-0.39, 0.29) is 0 Å². The second-order valence-corrected chi connectivity index (χ2v) is 5.16. The molecule has 0 aliphatic carbocycles. The molecule has 0 radical (unpaired) electrons. The van der Waals surface area contributed by atoms with E-state index in [0.29, 0.717) is 6.54 Å². The summed E-state index contributed by atoms with van der Waals surface area (Å²) < 4.78 is 0. The van der Waals surface area contributed by atoms with E-state index in [1.807, 2.05) is 31.3 Å². The number of rotatable bonds is 6. The number of aliphatic hydroxyl groups excluding tert-OH is 1. The maximum Gasteiger partial charge on any atom is 0.0916 e. The van der Waals surface area contributed by atoms with Crippen LogP contribution in [0, 0.1) is 0 Å². The third kappa shape index (κ3) is 4.15. The molecule has 0 spiro atoms. The van der Waals surface area contributed by atoms with Crippen molar-refractivity contribution >= 4 is 0 Å². The Morgan fingerprint density at radius 2 is 1.70 bits per heavy atom. The average Bonchev–Trinajstić information content (AvgIpc) is 2.48. The summed E-state index contributed by atoms with van der Waals surface area (Å²) in [5.41, 5.74) is 3.48. The number of aryl methyl sites for hydroxylation is 1. The number of aliphatic hydroxyl groups is 1. The first kappa shape index (κ1) is 14.7. The molecule has 1 N–H and O–H groups in total. The van der Waals surface area contributed by atoms with Gasteiger partial charge in [-0.05, 0) is 42.3 Å². The summed E-state index contributed by atoms with van der Waals surface area (Å²) in [7, 11) is 2.02. The summed E-state index contributed by atoms with van der Waals surface area (Å²) in [4.78, 5) is 6.13. The Morgan fingerprint density at radius 1 is 1.05 bits per heavy atom. The van der Waals surface area contributed by atoms with Crippen LogP contribution in [-0.2, 0) is 13.0 Å². The molecule has 1 heterocycles. The van der Waals surface area contributed by atoms with Crippen molar-refractivity contribution in [2.75, 3.05) is 13.6 Å². The SMILES string of the molecule is CCc1ccc(C(O)CN(C)Cc2ccncc2)cc1. The summed E-state index contributed by atoms with van der Waals surface area (Å²) in [5.74, 6) is 0. The van der Waals surface area contributed by atoms with Gasteiger partial charge in [0.15, 0.2) is 0 Å². The summed E-state index contributed by atoms with van der Waals surface area (Å²) in [6, 6.07) is 12.2. The Morgan fingerprint density at radius 3 is 2.30 bits per heavy atom. The molecule has 3 nitrogen and oxygen atoms in total. The molecule has 2 aromatic rings. The van der Waals surface area contributed by atoms with Crippen LogP contribution in [-0.4, -0.2) is 28.6 Å². The molecular weight excluding hydrogens is 248 g/mol. The summed E-state index contributed by atoms with van der Waals surface area (Å²) >= 11 is 0. The van der Waals surface area contributed by atoms with Gasteiger partial charge in [-0.15, -0.1) is 0 Å². The van der Waals surface area contributed by atoms with Gasteiger partial charge in [0.05, 0.1) is 6.10 Å². The number of hydrogen-bond acceptors (Lipinski definition) is 3. The van der Waals surface area contributed by atoms with Gasteiger partial charge in [0.2, 0.25) is 0 Å². The molecule has 0 fully saturated rings. The van der Waals surface area contributed by atoms with Crippen molar-refractivity contribution in [1.82, 2.24) is 9.88 Å². The van der Waals surface area contributed by atoms with Crippen molar-refractivity contribution < 1.29 is 5.11 Å². The van der Waals surface area contributed by atoms with E-state index in [1.54, 1.807) is 12.4 Å². The fourth-order valence-electron chi connectivity index (χ4n) is 2.24. The van der Waals surface area contributed by atoms with Gasteiger partial charge in [-0.2, -0.15) is 0 Å². The molecule has 0 bridgehead atoms. The van der Waals surface area contributed by atoms with E-state index in [2.05, 4.69) is 28.9 Å². The van der Waals surface area contributed by atoms with E-state index in [9.17, 15) is 5.11 Å². The van der Waals surface area contributed by atoms with Crippen LogP contribution in [0.3, 0.4) is 0 Å². The minimum absolute atomic E-state index is 0.451. The Kier molecular flexibility index (Phi) is 5.27. The zero-order valence-corrected chi connectivity index (χ0v) is 12.2. The lowest BCUT2D eigenvalue weighted by Gasteiger charge is -2.21. The minimum atomic E-state index is -0.451. The molecule has 1 atom stereocenters.